The molecule has 0 spiro atoms. The summed E-state index contributed by atoms with van der Waals surface area (Å²) in [6.07, 6.45) is 4.52. The highest BCUT2D eigenvalue weighted by Gasteiger charge is 2.16. The van der Waals surface area contributed by atoms with Crippen molar-refractivity contribution in [1.29, 1.82) is 0 Å². The molecule has 0 amide bonds. The lowest BCUT2D eigenvalue weighted by Gasteiger charge is -2.28. The van der Waals surface area contributed by atoms with E-state index in [2.05, 4.69) is 30.9 Å². The fourth-order valence-corrected chi connectivity index (χ4v) is 2.92. The van der Waals surface area contributed by atoms with Gasteiger partial charge >= 0.3 is 0 Å². The number of benzene rings is 1. The van der Waals surface area contributed by atoms with Gasteiger partial charge in [0.2, 0.25) is 0 Å². The van der Waals surface area contributed by atoms with E-state index in [1.807, 2.05) is 12.1 Å². The maximum Gasteiger partial charge on any atom is 0.122 e. The summed E-state index contributed by atoms with van der Waals surface area (Å²) >= 11 is 0. The molecule has 0 radical (unpaired) electrons. The van der Waals surface area contributed by atoms with Gasteiger partial charge in [0.25, 0.3) is 0 Å². The summed E-state index contributed by atoms with van der Waals surface area (Å²) in [6, 6.07) is 8.19. The summed E-state index contributed by atoms with van der Waals surface area (Å²) in [5.41, 5.74) is 1.24. The second kappa shape index (κ2) is 8.40. The first-order valence-corrected chi connectivity index (χ1v) is 8.32. The van der Waals surface area contributed by atoms with Gasteiger partial charge in [-0.05, 0) is 49.9 Å². The normalized spacial score (nSPS) is 19.2. The summed E-state index contributed by atoms with van der Waals surface area (Å²) < 4.78 is 5.89. The molecule has 2 atom stereocenters. The lowest BCUT2D eigenvalue weighted by molar-refractivity contribution is 0.0613. The van der Waals surface area contributed by atoms with Gasteiger partial charge < -0.3 is 14.7 Å². The lowest BCUT2D eigenvalue weighted by Crippen LogP contribution is -2.38. The predicted octanol–water partition coefficient (Wildman–Crippen LogP) is 3.43. The Balaban J connectivity index is 1.84. The SMILES string of the molecule is CC[C@@H](C)c1ccccc1OC[C@@H](O)CN1CCCCC1. The third kappa shape index (κ3) is 5.01. The molecule has 1 N–H and O–H groups in total. The van der Waals surface area contributed by atoms with Crippen molar-refractivity contribution >= 4 is 0 Å². The molecule has 1 aliphatic heterocycles. The highest BCUT2D eigenvalue weighted by atomic mass is 16.5. The Labute approximate surface area is 128 Å². The maximum absolute atomic E-state index is 10.2. The van der Waals surface area contributed by atoms with Gasteiger partial charge in [-0.2, -0.15) is 0 Å². The zero-order chi connectivity index (χ0) is 15.1. The van der Waals surface area contributed by atoms with Crippen LogP contribution in [0.5, 0.6) is 5.75 Å². The lowest BCUT2D eigenvalue weighted by atomic mass is 9.98. The van der Waals surface area contributed by atoms with Crippen molar-refractivity contribution in [2.75, 3.05) is 26.2 Å². The standard InChI is InChI=1S/C18H29NO2/c1-3-15(2)17-9-5-6-10-18(17)21-14-16(20)13-19-11-7-4-8-12-19/h5-6,9-10,15-16,20H,3-4,7-8,11-14H2,1-2H3/t15-,16+/m1/s1. The summed E-state index contributed by atoms with van der Waals surface area (Å²) in [5.74, 6) is 1.41. The Hall–Kier alpha value is -1.06. The predicted molar refractivity (Wildman–Crippen MR) is 86.9 cm³/mol. The Morgan fingerprint density at radius 1 is 1.19 bits per heavy atom. The fourth-order valence-electron chi connectivity index (χ4n) is 2.92. The molecule has 118 valence electrons. The molecular weight excluding hydrogens is 262 g/mol. The average molecular weight is 291 g/mol. The van der Waals surface area contributed by atoms with E-state index in [1.54, 1.807) is 0 Å². The Morgan fingerprint density at radius 2 is 1.90 bits per heavy atom. The summed E-state index contributed by atoms with van der Waals surface area (Å²) in [5, 5.41) is 10.2. The number of ether oxygens (including phenoxy) is 1. The number of aliphatic hydroxyl groups is 1. The topological polar surface area (TPSA) is 32.7 Å². The number of β-amino-alcohol motifs (C(OH)–C–C–N with tert-alkyl or cyclic N) is 1. The van der Waals surface area contributed by atoms with Crippen molar-refractivity contribution in [2.24, 2.45) is 0 Å². The number of para-hydroxylation sites is 1. The van der Waals surface area contributed by atoms with Crippen LogP contribution < -0.4 is 4.74 Å². The van der Waals surface area contributed by atoms with Gasteiger partial charge in [0.1, 0.15) is 18.5 Å². The van der Waals surface area contributed by atoms with Crippen LogP contribution in [0.4, 0.5) is 0 Å². The molecular formula is C18H29NO2. The zero-order valence-electron chi connectivity index (χ0n) is 13.4. The van der Waals surface area contributed by atoms with Gasteiger partial charge in [-0.25, -0.2) is 0 Å². The van der Waals surface area contributed by atoms with Gasteiger partial charge in [0.05, 0.1) is 0 Å². The molecule has 1 saturated heterocycles. The molecule has 0 unspecified atom stereocenters. The van der Waals surface area contributed by atoms with E-state index in [0.29, 0.717) is 12.5 Å². The molecule has 3 heteroatoms. The van der Waals surface area contributed by atoms with Crippen molar-refractivity contribution in [3.63, 3.8) is 0 Å². The number of hydrogen-bond donors (Lipinski definition) is 1. The monoisotopic (exact) mass is 291 g/mol. The van der Waals surface area contributed by atoms with Crippen LogP contribution in [0.2, 0.25) is 0 Å². The van der Waals surface area contributed by atoms with E-state index in [1.165, 1.54) is 24.8 Å². The third-order valence-electron chi connectivity index (χ3n) is 4.41. The molecule has 0 aliphatic carbocycles. The molecule has 1 fully saturated rings. The van der Waals surface area contributed by atoms with Crippen LogP contribution in [-0.4, -0.2) is 42.4 Å². The average Bonchev–Trinajstić information content (AvgIpc) is 2.53. The Bertz CT molecular complexity index is 415. The quantitative estimate of drug-likeness (QED) is 0.835. The van der Waals surface area contributed by atoms with Gasteiger partial charge in [0, 0.05) is 6.54 Å². The molecule has 0 aromatic heterocycles. The first kappa shape index (κ1) is 16.3. The van der Waals surface area contributed by atoms with Crippen LogP contribution in [0.1, 0.15) is 51.0 Å². The second-order valence-electron chi connectivity index (χ2n) is 6.17. The second-order valence-corrected chi connectivity index (χ2v) is 6.17. The number of piperidine rings is 1. The van der Waals surface area contributed by atoms with Crippen molar-refractivity contribution in [1.82, 2.24) is 4.90 Å². The maximum atomic E-state index is 10.2. The van der Waals surface area contributed by atoms with Crippen LogP contribution in [0.3, 0.4) is 0 Å². The summed E-state index contributed by atoms with van der Waals surface area (Å²) in [6.45, 7) is 7.73. The largest absolute Gasteiger partial charge is 0.491 e. The highest BCUT2D eigenvalue weighted by Crippen LogP contribution is 2.28. The van der Waals surface area contributed by atoms with Crippen LogP contribution in [0.15, 0.2) is 24.3 Å². The van der Waals surface area contributed by atoms with Gasteiger partial charge in [-0.15, -0.1) is 0 Å². The van der Waals surface area contributed by atoms with Crippen molar-refractivity contribution in [3.8, 4) is 5.75 Å². The molecule has 1 heterocycles. The van der Waals surface area contributed by atoms with Crippen LogP contribution in [-0.2, 0) is 0 Å². The molecule has 1 aromatic carbocycles. The zero-order valence-corrected chi connectivity index (χ0v) is 13.4. The van der Waals surface area contributed by atoms with Crippen LogP contribution in [0.25, 0.3) is 0 Å². The van der Waals surface area contributed by atoms with E-state index >= 15 is 0 Å². The summed E-state index contributed by atoms with van der Waals surface area (Å²) in [7, 11) is 0. The molecule has 21 heavy (non-hydrogen) atoms. The third-order valence-corrected chi connectivity index (χ3v) is 4.41. The molecule has 1 aliphatic rings. The molecule has 3 nitrogen and oxygen atoms in total. The van der Waals surface area contributed by atoms with E-state index in [9.17, 15) is 5.11 Å². The molecule has 0 saturated carbocycles. The first-order chi connectivity index (χ1) is 10.2. The molecule has 1 aromatic rings. The number of aliphatic hydroxyl groups excluding tert-OH is 1. The van der Waals surface area contributed by atoms with Gasteiger partial charge in [0.15, 0.2) is 0 Å². The van der Waals surface area contributed by atoms with E-state index in [-0.39, 0.29) is 0 Å². The minimum Gasteiger partial charge on any atom is -0.491 e. The van der Waals surface area contributed by atoms with Crippen LogP contribution in [0, 0.1) is 0 Å². The summed E-state index contributed by atoms with van der Waals surface area (Å²) in [4.78, 5) is 2.35. The number of rotatable bonds is 7. The smallest absolute Gasteiger partial charge is 0.122 e. The number of hydrogen-bond acceptors (Lipinski definition) is 3. The van der Waals surface area contributed by atoms with Crippen molar-refractivity contribution in [2.45, 2.75) is 51.6 Å². The number of nitrogens with zero attached hydrogens (tertiary/aromatic N) is 1. The number of likely N-dealkylation sites (tertiary alicyclic amines) is 1. The Kier molecular flexibility index (Phi) is 6.52. The van der Waals surface area contributed by atoms with Crippen molar-refractivity contribution in [3.05, 3.63) is 29.8 Å². The van der Waals surface area contributed by atoms with Gasteiger partial charge in [-0.3, -0.25) is 0 Å². The Morgan fingerprint density at radius 3 is 2.62 bits per heavy atom. The molecule has 2 rings (SSSR count). The van der Waals surface area contributed by atoms with Crippen LogP contribution >= 0.6 is 0 Å². The van der Waals surface area contributed by atoms with Gasteiger partial charge in [-0.1, -0.05) is 38.5 Å². The van der Waals surface area contributed by atoms with E-state index in [4.69, 9.17) is 4.74 Å². The van der Waals surface area contributed by atoms with E-state index in [0.717, 1.165) is 31.8 Å². The minimum atomic E-state index is -0.409. The fraction of sp³-hybridized carbons (Fsp3) is 0.667. The highest BCUT2D eigenvalue weighted by molar-refractivity contribution is 5.35. The van der Waals surface area contributed by atoms with E-state index < -0.39 is 6.10 Å². The minimum absolute atomic E-state index is 0.379. The van der Waals surface area contributed by atoms with Crippen molar-refractivity contribution < 1.29 is 9.84 Å². The molecule has 0 bridgehead atoms. The first-order valence-electron chi connectivity index (χ1n) is 8.32.